The lowest BCUT2D eigenvalue weighted by Gasteiger charge is -2.19. The van der Waals surface area contributed by atoms with Crippen LogP contribution < -0.4 is 10.9 Å². The van der Waals surface area contributed by atoms with Crippen molar-refractivity contribution >= 4 is 38.4 Å². The molecule has 3 aromatic rings. The van der Waals surface area contributed by atoms with Crippen molar-refractivity contribution in [3.05, 3.63) is 51.6 Å². The first kappa shape index (κ1) is 27.4. The van der Waals surface area contributed by atoms with Gasteiger partial charge >= 0.3 is 0 Å². The SMILES string of the molecule is CC(=O)c1c(C)c2cnc(Nc3ccc(C4CCN(CCCS(C)(=O)=O)C4)cn3)nc2n(C2CCCC2)c1=O. The quantitative estimate of drug-likeness (QED) is 0.395. The van der Waals surface area contributed by atoms with E-state index in [0.29, 0.717) is 40.7 Å². The number of aromatic nitrogens is 4. The number of hydrogen-bond acceptors (Lipinski definition) is 9. The molecule has 1 saturated heterocycles. The van der Waals surface area contributed by atoms with Crippen LogP contribution in [0.1, 0.15) is 78.9 Å². The van der Waals surface area contributed by atoms with Gasteiger partial charge in [0.1, 0.15) is 21.3 Å². The van der Waals surface area contributed by atoms with Crippen molar-refractivity contribution in [2.75, 3.05) is 37.0 Å². The smallest absolute Gasteiger partial charge is 0.263 e. The number of Topliss-reactive ketones (excluding diaryl/α,β-unsaturated/α-hetero) is 1. The van der Waals surface area contributed by atoms with Crippen LogP contribution in [0, 0.1) is 6.92 Å². The van der Waals surface area contributed by atoms with Crippen LogP contribution in [-0.4, -0.2) is 70.3 Å². The molecule has 0 amide bonds. The molecule has 10 nitrogen and oxygen atoms in total. The van der Waals surface area contributed by atoms with Gasteiger partial charge in [0.2, 0.25) is 5.95 Å². The zero-order chi connectivity index (χ0) is 27.7. The van der Waals surface area contributed by atoms with Gasteiger partial charge in [-0.25, -0.2) is 18.4 Å². The third-order valence-corrected chi connectivity index (χ3v) is 9.04. The number of rotatable bonds is 9. The second kappa shape index (κ2) is 11.1. The number of fused-ring (bicyclic) bond motifs is 1. The highest BCUT2D eigenvalue weighted by atomic mass is 32.2. The summed E-state index contributed by atoms with van der Waals surface area (Å²) < 4.78 is 24.5. The fourth-order valence-corrected chi connectivity index (χ4v) is 6.66. The highest BCUT2D eigenvalue weighted by Crippen LogP contribution is 2.32. The maximum absolute atomic E-state index is 13.4. The molecule has 208 valence electrons. The summed E-state index contributed by atoms with van der Waals surface area (Å²) in [5.74, 6) is 1.30. The van der Waals surface area contributed by atoms with Crippen LogP contribution in [0.4, 0.5) is 11.8 Å². The number of carbonyl (C=O) groups excluding carboxylic acids is 1. The van der Waals surface area contributed by atoms with Gasteiger partial charge in [-0.15, -0.1) is 0 Å². The number of nitrogens with one attached hydrogen (secondary N) is 1. The molecule has 39 heavy (non-hydrogen) atoms. The summed E-state index contributed by atoms with van der Waals surface area (Å²) in [4.78, 5) is 41.9. The van der Waals surface area contributed by atoms with Crippen molar-refractivity contribution in [1.29, 1.82) is 0 Å². The zero-order valence-corrected chi connectivity index (χ0v) is 23.6. The molecule has 1 saturated carbocycles. The van der Waals surface area contributed by atoms with E-state index in [1.54, 1.807) is 17.7 Å². The number of nitrogens with zero attached hydrogens (tertiary/aromatic N) is 5. The standard InChI is InChI=1S/C28H36N6O4S/c1-18-23-16-30-28(32-26(23)34(22-7-4-5-8-22)27(36)25(18)19(2)35)31-24-10-9-20(15-29-24)21-11-13-33(17-21)12-6-14-39(3,37)38/h9-10,15-16,21-22H,4-8,11-14,17H2,1-3H3,(H,29,30,31,32). The molecule has 4 heterocycles. The molecule has 0 aromatic carbocycles. The summed E-state index contributed by atoms with van der Waals surface area (Å²) in [5.41, 5.74) is 2.26. The van der Waals surface area contributed by atoms with Gasteiger partial charge in [0, 0.05) is 36.6 Å². The molecule has 0 radical (unpaired) electrons. The lowest BCUT2D eigenvalue weighted by molar-refractivity contribution is 0.101. The maximum atomic E-state index is 13.4. The molecule has 0 bridgehead atoms. The predicted octanol–water partition coefficient (Wildman–Crippen LogP) is 3.78. The van der Waals surface area contributed by atoms with Gasteiger partial charge < -0.3 is 10.2 Å². The Morgan fingerprint density at radius 2 is 1.90 bits per heavy atom. The molecule has 1 atom stereocenters. The van der Waals surface area contributed by atoms with Crippen molar-refractivity contribution in [1.82, 2.24) is 24.4 Å². The number of aryl methyl sites for hydroxylation is 1. The molecular weight excluding hydrogens is 516 g/mol. The minimum absolute atomic E-state index is 0.0243. The molecule has 0 spiro atoms. The number of pyridine rings is 2. The monoisotopic (exact) mass is 552 g/mol. The van der Waals surface area contributed by atoms with Gasteiger partial charge in [0.15, 0.2) is 5.78 Å². The predicted molar refractivity (Wildman–Crippen MR) is 152 cm³/mol. The van der Waals surface area contributed by atoms with E-state index in [1.807, 2.05) is 12.3 Å². The molecular formula is C28H36N6O4S. The molecule has 1 aliphatic heterocycles. The summed E-state index contributed by atoms with van der Waals surface area (Å²) >= 11 is 0. The highest BCUT2D eigenvalue weighted by molar-refractivity contribution is 7.90. The fourth-order valence-electron chi connectivity index (χ4n) is 6.00. The summed E-state index contributed by atoms with van der Waals surface area (Å²) in [7, 11) is -2.93. The van der Waals surface area contributed by atoms with Crippen LogP contribution in [-0.2, 0) is 9.84 Å². The van der Waals surface area contributed by atoms with E-state index < -0.39 is 9.84 Å². The Morgan fingerprint density at radius 1 is 1.13 bits per heavy atom. The third-order valence-electron chi connectivity index (χ3n) is 8.01. The average molecular weight is 553 g/mol. The second-order valence-electron chi connectivity index (χ2n) is 11.0. The van der Waals surface area contributed by atoms with Gasteiger partial charge in [-0.05, 0) is 75.7 Å². The summed E-state index contributed by atoms with van der Waals surface area (Å²) in [5, 5.41) is 3.89. The Labute approximate surface area is 228 Å². The molecule has 3 aromatic heterocycles. The first-order valence-electron chi connectivity index (χ1n) is 13.7. The third kappa shape index (κ3) is 6.04. The molecule has 2 aliphatic rings. The van der Waals surface area contributed by atoms with Gasteiger partial charge in [-0.2, -0.15) is 4.98 Å². The zero-order valence-electron chi connectivity index (χ0n) is 22.8. The Morgan fingerprint density at radius 3 is 2.56 bits per heavy atom. The number of likely N-dealkylation sites (tertiary alicyclic amines) is 1. The molecule has 5 rings (SSSR count). The number of sulfone groups is 1. The molecule has 1 aliphatic carbocycles. The van der Waals surface area contributed by atoms with Crippen molar-refractivity contribution in [2.45, 2.75) is 64.3 Å². The van der Waals surface area contributed by atoms with Gasteiger partial charge in [0.25, 0.3) is 5.56 Å². The van der Waals surface area contributed by atoms with E-state index in [0.717, 1.165) is 57.3 Å². The second-order valence-corrected chi connectivity index (χ2v) is 13.2. The van der Waals surface area contributed by atoms with Crippen LogP contribution in [0.5, 0.6) is 0 Å². The summed E-state index contributed by atoms with van der Waals surface area (Å²) in [6.07, 6.45) is 10.4. The van der Waals surface area contributed by atoms with Gasteiger partial charge in [-0.1, -0.05) is 18.9 Å². The number of hydrogen-bond donors (Lipinski definition) is 1. The van der Waals surface area contributed by atoms with Crippen LogP contribution in [0.15, 0.2) is 29.3 Å². The van der Waals surface area contributed by atoms with E-state index in [9.17, 15) is 18.0 Å². The number of carbonyl (C=O) groups is 1. The van der Waals surface area contributed by atoms with Gasteiger partial charge in [-0.3, -0.25) is 14.2 Å². The van der Waals surface area contributed by atoms with E-state index in [1.165, 1.54) is 13.2 Å². The largest absolute Gasteiger partial charge is 0.309 e. The van der Waals surface area contributed by atoms with Crippen LogP contribution in [0.2, 0.25) is 0 Å². The van der Waals surface area contributed by atoms with Crippen molar-refractivity contribution in [3.63, 3.8) is 0 Å². The molecule has 11 heteroatoms. The minimum Gasteiger partial charge on any atom is -0.309 e. The normalized spacial score (nSPS) is 18.7. The van der Waals surface area contributed by atoms with Crippen LogP contribution in [0.3, 0.4) is 0 Å². The van der Waals surface area contributed by atoms with E-state index in [-0.39, 0.29) is 28.7 Å². The topological polar surface area (TPSA) is 127 Å². The maximum Gasteiger partial charge on any atom is 0.263 e. The van der Waals surface area contributed by atoms with Crippen LogP contribution in [0.25, 0.3) is 11.0 Å². The summed E-state index contributed by atoms with van der Waals surface area (Å²) in [6.45, 7) is 5.85. The Balaban J connectivity index is 1.33. The fraction of sp³-hybridized carbons (Fsp3) is 0.536. The molecule has 2 fully saturated rings. The van der Waals surface area contributed by atoms with Crippen molar-refractivity contribution in [3.8, 4) is 0 Å². The first-order valence-corrected chi connectivity index (χ1v) is 15.7. The highest BCUT2D eigenvalue weighted by Gasteiger charge is 2.26. The lowest BCUT2D eigenvalue weighted by atomic mass is 10.0. The van der Waals surface area contributed by atoms with Gasteiger partial charge in [0.05, 0.1) is 11.3 Å². The van der Waals surface area contributed by atoms with E-state index >= 15 is 0 Å². The number of anilines is 2. The molecule has 1 N–H and O–H groups in total. The molecule has 1 unspecified atom stereocenters. The van der Waals surface area contributed by atoms with Crippen LogP contribution >= 0.6 is 0 Å². The van der Waals surface area contributed by atoms with Crippen molar-refractivity contribution < 1.29 is 13.2 Å². The van der Waals surface area contributed by atoms with Crippen molar-refractivity contribution in [2.24, 2.45) is 0 Å². The van der Waals surface area contributed by atoms with E-state index in [4.69, 9.17) is 4.98 Å². The Kier molecular flexibility index (Phi) is 7.82. The Bertz CT molecular complexity index is 1550. The van der Waals surface area contributed by atoms with E-state index in [2.05, 4.69) is 26.3 Å². The lowest BCUT2D eigenvalue weighted by Crippen LogP contribution is -2.30. The number of ketones is 1. The minimum atomic E-state index is -2.93. The Hall–Kier alpha value is -3.18. The summed E-state index contributed by atoms with van der Waals surface area (Å²) in [6, 6.07) is 3.98. The first-order chi connectivity index (χ1) is 18.6. The average Bonchev–Trinajstić information content (AvgIpc) is 3.56.